The van der Waals surface area contributed by atoms with Crippen LogP contribution in [0.1, 0.15) is 23.5 Å². The summed E-state index contributed by atoms with van der Waals surface area (Å²) >= 11 is 1.88. The minimum atomic E-state index is 0.771. The Bertz CT molecular complexity index is 518. The molecule has 4 heteroatoms. The van der Waals surface area contributed by atoms with Crippen LogP contribution in [0, 0.1) is 5.92 Å². The summed E-state index contributed by atoms with van der Waals surface area (Å²) in [5.74, 6) is 2.00. The number of hydrogen-bond donors (Lipinski definition) is 0. The second-order valence-electron chi connectivity index (χ2n) is 5.80. The number of likely N-dealkylation sites (tertiary alicyclic amines) is 1. The molecule has 3 nitrogen and oxygen atoms in total. The summed E-state index contributed by atoms with van der Waals surface area (Å²) in [7, 11) is 2.10. The highest BCUT2D eigenvalue weighted by molar-refractivity contribution is 7.09. The predicted molar refractivity (Wildman–Crippen MR) is 84.1 cm³/mol. The zero-order valence-corrected chi connectivity index (χ0v) is 13.0. The van der Waals surface area contributed by atoms with E-state index >= 15 is 0 Å². The largest absolute Gasteiger partial charge is 0.338 e. The van der Waals surface area contributed by atoms with Gasteiger partial charge in [0.1, 0.15) is 5.82 Å². The molecule has 0 saturated carbocycles. The van der Waals surface area contributed by atoms with Crippen LogP contribution in [0.25, 0.3) is 0 Å². The van der Waals surface area contributed by atoms with E-state index in [2.05, 4.69) is 39.0 Å². The number of piperidine rings is 1. The average molecular weight is 289 g/mol. The summed E-state index contributed by atoms with van der Waals surface area (Å²) in [6.07, 6.45) is 8.97. The number of thiophene rings is 1. The SMILES string of the molecule is Cn1ccnc1C[C@@H]1CCCN(CCc2cccs2)C1. The summed E-state index contributed by atoms with van der Waals surface area (Å²) in [5.41, 5.74) is 0. The molecule has 108 valence electrons. The molecule has 0 spiro atoms. The van der Waals surface area contributed by atoms with E-state index in [1.807, 2.05) is 23.7 Å². The van der Waals surface area contributed by atoms with Gasteiger partial charge in [-0.2, -0.15) is 0 Å². The van der Waals surface area contributed by atoms with E-state index in [0.29, 0.717) is 0 Å². The van der Waals surface area contributed by atoms with Crippen molar-refractivity contribution in [2.45, 2.75) is 25.7 Å². The molecule has 1 fully saturated rings. The first-order valence-electron chi connectivity index (χ1n) is 7.52. The van der Waals surface area contributed by atoms with E-state index in [-0.39, 0.29) is 0 Å². The zero-order chi connectivity index (χ0) is 13.8. The van der Waals surface area contributed by atoms with E-state index in [1.54, 1.807) is 0 Å². The number of aromatic nitrogens is 2. The van der Waals surface area contributed by atoms with E-state index in [1.165, 1.54) is 49.6 Å². The van der Waals surface area contributed by atoms with E-state index in [9.17, 15) is 0 Å². The summed E-state index contributed by atoms with van der Waals surface area (Å²) < 4.78 is 2.16. The summed E-state index contributed by atoms with van der Waals surface area (Å²) in [6, 6.07) is 4.40. The van der Waals surface area contributed by atoms with Gasteiger partial charge in [-0.1, -0.05) is 6.07 Å². The first-order chi connectivity index (χ1) is 9.81. The number of aryl methyl sites for hydroxylation is 1. The third-order valence-electron chi connectivity index (χ3n) is 4.25. The van der Waals surface area contributed by atoms with Crippen molar-refractivity contribution >= 4 is 11.3 Å². The van der Waals surface area contributed by atoms with Crippen LogP contribution < -0.4 is 0 Å². The van der Waals surface area contributed by atoms with Gasteiger partial charge in [-0.05, 0) is 43.2 Å². The Morgan fingerprint density at radius 2 is 2.40 bits per heavy atom. The highest BCUT2D eigenvalue weighted by Gasteiger charge is 2.21. The van der Waals surface area contributed by atoms with Gasteiger partial charge in [0, 0.05) is 43.8 Å². The predicted octanol–water partition coefficient (Wildman–Crippen LogP) is 2.98. The van der Waals surface area contributed by atoms with Crippen molar-refractivity contribution in [1.29, 1.82) is 0 Å². The van der Waals surface area contributed by atoms with Crippen molar-refractivity contribution in [3.05, 3.63) is 40.6 Å². The van der Waals surface area contributed by atoms with Gasteiger partial charge in [0.15, 0.2) is 0 Å². The molecule has 2 aromatic rings. The van der Waals surface area contributed by atoms with Crippen LogP contribution in [-0.2, 0) is 19.9 Å². The van der Waals surface area contributed by atoms with Crippen molar-refractivity contribution in [1.82, 2.24) is 14.5 Å². The van der Waals surface area contributed by atoms with Crippen LogP contribution in [-0.4, -0.2) is 34.1 Å². The minimum Gasteiger partial charge on any atom is -0.338 e. The molecule has 0 N–H and O–H groups in total. The van der Waals surface area contributed by atoms with Crippen LogP contribution in [0.4, 0.5) is 0 Å². The molecule has 20 heavy (non-hydrogen) atoms. The summed E-state index contributed by atoms with van der Waals surface area (Å²) in [6.45, 7) is 3.71. The molecule has 0 bridgehead atoms. The van der Waals surface area contributed by atoms with Crippen molar-refractivity contribution in [3.8, 4) is 0 Å². The normalized spacial score (nSPS) is 20.4. The van der Waals surface area contributed by atoms with Crippen LogP contribution >= 0.6 is 11.3 Å². The molecule has 0 radical (unpaired) electrons. The monoisotopic (exact) mass is 289 g/mol. The standard InChI is InChI=1S/C16H23N3S/c1-18-10-7-17-16(18)12-14-4-2-8-19(13-14)9-6-15-5-3-11-20-15/h3,5,7,10-11,14H,2,4,6,8-9,12-13H2,1H3/t14-/m0/s1. The molecule has 0 aromatic carbocycles. The molecule has 2 aromatic heterocycles. The second kappa shape index (κ2) is 6.55. The molecule has 0 amide bonds. The van der Waals surface area contributed by atoms with E-state index in [0.717, 1.165) is 12.3 Å². The highest BCUT2D eigenvalue weighted by atomic mass is 32.1. The lowest BCUT2D eigenvalue weighted by atomic mass is 9.94. The third kappa shape index (κ3) is 3.49. The lowest BCUT2D eigenvalue weighted by Crippen LogP contribution is -2.37. The molecule has 0 unspecified atom stereocenters. The van der Waals surface area contributed by atoms with Gasteiger partial charge in [-0.15, -0.1) is 11.3 Å². The molecule has 3 heterocycles. The maximum Gasteiger partial charge on any atom is 0.108 e. The van der Waals surface area contributed by atoms with Gasteiger partial charge in [0.05, 0.1) is 0 Å². The first kappa shape index (κ1) is 13.8. The number of hydrogen-bond acceptors (Lipinski definition) is 3. The van der Waals surface area contributed by atoms with Crippen molar-refractivity contribution < 1.29 is 0 Å². The molecule has 1 saturated heterocycles. The Labute approximate surface area is 125 Å². The fourth-order valence-corrected chi connectivity index (χ4v) is 3.79. The Balaban J connectivity index is 1.50. The number of imidazole rings is 1. The Morgan fingerprint density at radius 3 is 3.15 bits per heavy atom. The molecule has 1 aliphatic heterocycles. The lowest BCUT2D eigenvalue weighted by molar-refractivity contribution is 0.174. The summed E-state index contributed by atoms with van der Waals surface area (Å²) in [4.78, 5) is 8.61. The minimum absolute atomic E-state index is 0.771. The maximum atomic E-state index is 4.47. The molecule has 1 atom stereocenters. The second-order valence-corrected chi connectivity index (χ2v) is 6.83. The van der Waals surface area contributed by atoms with Crippen LogP contribution in [0.3, 0.4) is 0 Å². The van der Waals surface area contributed by atoms with Gasteiger partial charge in [-0.3, -0.25) is 0 Å². The number of rotatable bonds is 5. The maximum absolute atomic E-state index is 4.47. The van der Waals surface area contributed by atoms with Crippen LogP contribution in [0.2, 0.25) is 0 Å². The van der Waals surface area contributed by atoms with Crippen molar-refractivity contribution in [3.63, 3.8) is 0 Å². The Hall–Kier alpha value is -1.13. The third-order valence-corrected chi connectivity index (χ3v) is 5.19. The first-order valence-corrected chi connectivity index (χ1v) is 8.40. The van der Waals surface area contributed by atoms with Gasteiger partial charge in [0.2, 0.25) is 0 Å². The molecule has 3 rings (SSSR count). The molecule has 0 aliphatic carbocycles. The smallest absolute Gasteiger partial charge is 0.108 e. The number of nitrogens with zero attached hydrogens (tertiary/aromatic N) is 3. The van der Waals surface area contributed by atoms with Crippen LogP contribution in [0.15, 0.2) is 29.9 Å². The van der Waals surface area contributed by atoms with Gasteiger partial charge < -0.3 is 9.47 Å². The average Bonchev–Trinajstić information content (AvgIpc) is 3.10. The topological polar surface area (TPSA) is 21.1 Å². The lowest BCUT2D eigenvalue weighted by Gasteiger charge is -2.32. The highest BCUT2D eigenvalue weighted by Crippen LogP contribution is 2.21. The fourth-order valence-electron chi connectivity index (χ4n) is 3.10. The molecular weight excluding hydrogens is 266 g/mol. The van der Waals surface area contributed by atoms with Gasteiger partial charge >= 0.3 is 0 Å². The van der Waals surface area contributed by atoms with Crippen LogP contribution in [0.5, 0.6) is 0 Å². The molecule has 1 aliphatic rings. The Kier molecular flexibility index (Phi) is 4.53. The van der Waals surface area contributed by atoms with Crippen molar-refractivity contribution in [2.75, 3.05) is 19.6 Å². The van der Waals surface area contributed by atoms with Gasteiger partial charge in [0.25, 0.3) is 0 Å². The van der Waals surface area contributed by atoms with Gasteiger partial charge in [-0.25, -0.2) is 4.98 Å². The van der Waals surface area contributed by atoms with E-state index in [4.69, 9.17) is 0 Å². The molecular formula is C16H23N3S. The zero-order valence-electron chi connectivity index (χ0n) is 12.2. The Morgan fingerprint density at radius 1 is 1.45 bits per heavy atom. The fraction of sp³-hybridized carbons (Fsp3) is 0.562. The summed E-state index contributed by atoms with van der Waals surface area (Å²) in [5, 5.41) is 2.18. The van der Waals surface area contributed by atoms with Crippen molar-refractivity contribution in [2.24, 2.45) is 13.0 Å². The van der Waals surface area contributed by atoms with E-state index < -0.39 is 0 Å². The quantitative estimate of drug-likeness (QED) is 0.844.